The van der Waals surface area contributed by atoms with E-state index in [0.717, 1.165) is 83.5 Å². The monoisotopic (exact) mass is 1050 g/mol. The van der Waals surface area contributed by atoms with Gasteiger partial charge in [-0.25, -0.2) is 0 Å². The molecule has 0 aromatic carbocycles. The number of likely N-dealkylation sites (N-methyl/N-ethyl adjacent to an activating group) is 1. The Morgan fingerprint density at radius 2 is 0.838 bits per heavy atom. The second-order valence-corrected chi connectivity index (χ2v) is 23.4. The molecule has 0 saturated carbocycles. The molecule has 3 unspecified atom stereocenters. The molecule has 8 nitrogen and oxygen atoms in total. The van der Waals surface area contributed by atoms with Crippen LogP contribution in [0.25, 0.3) is 0 Å². The SMILES string of the molecule is CC/C=C\C/C=C\C/C=C\C/C=C\C/C=C\CCCCCCCCCCCC(=O)NC(COP(=O)([O-])OCC[N+](C)(C)C)C(O)/C=C/CC/C=C/CCCCCCCCCCCCCCCCCCCCCCC. The third-order valence-corrected chi connectivity index (χ3v) is 14.6. The van der Waals surface area contributed by atoms with E-state index in [1.165, 1.54) is 167 Å². The minimum atomic E-state index is -4.62. The van der Waals surface area contributed by atoms with Gasteiger partial charge in [-0.3, -0.25) is 9.36 Å². The van der Waals surface area contributed by atoms with Crippen LogP contribution in [0.3, 0.4) is 0 Å². The van der Waals surface area contributed by atoms with Gasteiger partial charge in [0.05, 0.1) is 39.9 Å². The summed E-state index contributed by atoms with van der Waals surface area (Å²) in [7, 11) is 1.23. The van der Waals surface area contributed by atoms with Crippen LogP contribution in [0, 0.1) is 0 Å². The summed E-state index contributed by atoms with van der Waals surface area (Å²) < 4.78 is 23.4. The molecular formula is C65H119N2O6P. The molecule has 0 aromatic rings. The molecule has 0 aliphatic rings. The smallest absolute Gasteiger partial charge is 0.268 e. The van der Waals surface area contributed by atoms with E-state index in [1.807, 2.05) is 27.2 Å². The predicted octanol–water partition coefficient (Wildman–Crippen LogP) is 18.6. The van der Waals surface area contributed by atoms with E-state index in [9.17, 15) is 19.4 Å². The number of hydrogen-bond donors (Lipinski definition) is 2. The van der Waals surface area contributed by atoms with Crippen molar-refractivity contribution in [2.45, 2.75) is 283 Å². The first-order valence-corrected chi connectivity index (χ1v) is 32.4. The van der Waals surface area contributed by atoms with Crippen molar-refractivity contribution in [1.82, 2.24) is 5.32 Å². The van der Waals surface area contributed by atoms with Crippen LogP contribution >= 0.6 is 7.82 Å². The molecule has 0 aliphatic carbocycles. The molecule has 0 heterocycles. The highest BCUT2D eigenvalue weighted by atomic mass is 31.2. The Hall–Kier alpha value is -2.32. The summed E-state index contributed by atoms with van der Waals surface area (Å²) in [5.41, 5.74) is 0. The molecule has 2 N–H and O–H groups in total. The molecule has 0 fully saturated rings. The summed E-state index contributed by atoms with van der Waals surface area (Å²) in [5.74, 6) is -0.214. The summed E-state index contributed by atoms with van der Waals surface area (Å²) in [6.07, 6.45) is 78.2. The van der Waals surface area contributed by atoms with E-state index < -0.39 is 26.6 Å². The van der Waals surface area contributed by atoms with Gasteiger partial charge in [-0.15, -0.1) is 0 Å². The molecule has 430 valence electrons. The number of allylic oxidation sites excluding steroid dienone is 13. The lowest BCUT2D eigenvalue weighted by molar-refractivity contribution is -0.870. The van der Waals surface area contributed by atoms with Crippen molar-refractivity contribution in [3.05, 3.63) is 85.1 Å². The van der Waals surface area contributed by atoms with E-state index in [0.29, 0.717) is 17.4 Å². The third kappa shape index (κ3) is 57.4. The molecule has 0 spiro atoms. The van der Waals surface area contributed by atoms with Crippen LogP contribution in [0.4, 0.5) is 0 Å². The zero-order chi connectivity index (χ0) is 54.2. The second-order valence-electron chi connectivity index (χ2n) is 22.0. The number of rotatable bonds is 56. The van der Waals surface area contributed by atoms with Crippen LogP contribution < -0.4 is 10.2 Å². The molecule has 0 rings (SSSR count). The Labute approximate surface area is 458 Å². The average Bonchev–Trinajstić information content (AvgIpc) is 3.36. The van der Waals surface area contributed by atoms with Crippen molar-refractivity contribution < 1.29 is 32.9 Å². The number of hydrogen-bond acceptors (Lipinski definition) is 6. The first kappa shape index (κ1) is 71.7. The summed E-state index contributed by atoms with van der Waals surface area (Å²) in [4.78, 5) is 25.5. The number of phosphoric ester groups is 1. The second kappa shape index (κ2) is 55.4. The molecular weight excluding hydrogens is 936 g/mol. The van der Waals surface area contributed by atoms with Crippen LogP contribution in [0.15, 0.2) is 85.1 Å². The summed E-state index contributed by atoms with van der Waals surface area (Å²) in [5, 5.41) is 13.9. The van der Waals surface area contributed by atoms with E-state index in [2.05, 4.69) is 92.1 Å². The molecule has 0 aromatic heterocycles. The number of nitrogens with one attached hydrogen (secondary N) is 1. The fourth-order valence-corrected chi connectivity index (χ4v) is 9.51. The number of phosphoric acid groups is 1. The highest BCUT2D eigenvalue weighted by Gasteiger charge is 2.23. The van der Waals surface area contributed by atoms with Gasteiger partial charge < -0.3 is 28.8 Å². The summed E-state index contributed by atoms with van der Waals surface area (Å²) in [6.45, 7) is 4.53. The standard InChI is InChI=1S/C65H119N2O6P/c1-6-8-10-12-14-16-18-20-22-24-26-28-30-32-33-35-36-38-40-42-44-46-48-50-52-54-56-58-64(68)63(62-73-74(70,71)72-61-60-67(3,4)5)66-65(69)59-57-55-53-51-49-47-45-43-41-39-37-34-31-29-27-25-23-21-19-17-15-13-11-9-7-2/h9,11,15,17,21,23,27,29,34,37,48,50,56,58,63-64,68H,6-8,10,12-14,16,18-20,22,24-26,28,30-33,35-36,38-47,49,51-55,57,59-62H2,1-5H3,(H-,66,69,70,71)/b11-9-,17-15-,23-21-,29-27-,37-34-,50-48+,58-56+. The van der Waals surface area contributed by atoms with Crippen LogP contribution in [0.2, 0.25) is 0 Å². The van der Waals surface area contributed by atoms with Crippen LogP contribution in [-0.4, -0.2) is 68.5 Å². The van der Waals surface area contributed by atoms with Crippen molar-refractivity contribution in [3.63, 3.8) is 0 Å². The number of aliphatic hydroxyl groups is 1. The number of aliphatic hydroxyl groups excluding tert-OH is 1. The van der Waals surface area contributed by atoms with Crippen LogP contribution in [0.5, 0.6) is 0 Å². The van der Waals surface area contributed by atoms with Crippen molar-refractivity contribution in [1.29, 1.82) is 0 Å². The molecule has 9 heteroatoms. The van der Waals surface area contributed by atoms with E-state index >= 15 is 0 Å². The fraction of sp³-hybridized carbons (Fsp3) is 0.769. The lowest BCUT2D eigenvalue weighted by Crippen LogP contribution is -2.45. The lowest BCUT2D eigenvalue weighted by Gasteiger charge is -2.29. The van der Waals surface area contributed by atoms with E-state index in [-0.39, 0.29) is 12.5 Å². The highest BCUT2D eigenvalue weighted by Crippen LogP contribution is 2.38. The number of unbranched alkanes of at least 4 members (excludes halogenated alkanes) is 31. The fourth-order valence-electron chi connectivity index (χ4n) is 8.79. The van der Waals surface area contributed by atoms with Crippen molar-refractivity contribution >= 4 is 13.7 Å². The van der Waals surface area contributed by atoms with Crippen LogP contribution in [0.1, 0.15) is 271 Å². The molecule has 0 aliphatic heterocycles. The Kier molecular flexibility index (Phi) is 53.7. The zero-order valence-corrected chi connectivity index (χ0v) is 49.9. The number of carbonyl (C=O) groups excluding carboxylic acids is 1. The van der Waals surface area contributed by atoms with Crippen molar-refractivity contribution in [2.75, 3.05) is 40.9 Å². The number of amides is 1. The Morgan fingerprint density at radius 3 is 1.26 bits per heavy atom. The maximum Gasteiger partial charge on any atom is 0.268 e. The van der Waals surface area contributed by atoms with Gasteiger partial charge >= 0.3 is 0 Å². The minimum Gasteiger partial charge on any atom is -0.756 e. The molecule has 0 saturated heterocycles. The van der Waals surface area contributed by atoms with Gasteiger partial charge in [0.15, 0.2) is 0 Å². The molecule has 0 radical (unpaired) electrons. The lowest BCUT2D eigenvalue weighted by atomic mass is 10.0. The van der Waals surface area contributed by atoms with Gasteiger partial charge in [0, 0.05) is 6.42 Å². The quantitative estimate of drug-likeness (QED) is 0.0272. The van der Waals surface area contributed by atoms with Crippen LogP contribution in [-0.2, 0) is 18.4 Å². The zero-order valence-electron chi connectivity index (χ0n) is 49.0. The molecule has 3 atom stereocenters. The minimum absolute atomic E-state index is 0.0112. The predicted molar refractivity (Wildman–Crippen MR) is 320 cm³/mol. The van der Waals surface area contributed by atoms with Gasteiger partial charge in [-0.1, -0.05) is 272 Å². The van der Waals surface area contributed by atoms with Gasteiger partial charge in [-0.05, 0) is 77.0 Å². The van der Waals surface area contributed by atoms with Gasteiger partial charge in [0.2, 0.25) is 5.91 Å². The molecule has 74 heavy (non-hydrogen) atoms. The molecule has 1 amide bonds. The Bertz CT molecular complexity index is 1480. The number of nitrogens with zero attached hydrogens (tertiary/aromatic N) is 1. The van der Waals surface area contributed by atoms with Gasteiger partial charge in [0.1, 0.15) is 13.2 Å². The first-order valence-electron chi connectivity index (χ1n) is 30.9. The van der Waals surface area contributed by atoms with Crippen molar-refractivity contribution in [3.8, 4) is 0 Å². The van der Waals surface area contributed by atoms with E-state index in [1.54, 1.807) is 6.08 Å². The molecule has 0 bridgehead atoms. The maximum atomic E-state index is 13.0. The summed E-state index contributed by atoms with van der Waals surface area (Å²) >= 11 is 0. The highest BCUT2D eigenvalue weighted by molar-refractivity contribution is 7.45. The average molecular weight is 1060 g/mol. The summed E-state index contributed by atoms with van der Waals surface area (Å²) in [6, 6.07) is -0.913. The largest absolute Gasteiger partial charge is 0.756 e. The van der Waals surface area contributed by atoms with E-state index in [4.69, 9.17) is 9.05 Å². The number of quaternary nitrogens is 1. The topological polar surface area (TPSA) is 108 Å². The van der Waals surface area contributed by atoms with Gasteiger partial charge in [-0.2, -0.15) is 0 Å². The third-order valence-electron chi connectivity index (χ3n) is 13.6. The number of carbonyl (C=O) groups is 1. The van der Waals surface area contributed by atoms with Gasteiger partial charge in [0.25, 0.3) is 7.82 Å². The first-order chi connectivity index (χ1) is 36.0. The normalized spacial score (nSPS) is 14.4. The Morgan fingerprint density at radius 1 is 0.486 bits per heavy atom. The maximum absolute atomic E-state index is 13.0. The van der Waals surface area contributed by atoms with Crippen molar-refractivity contribution in [2.24, 2.45) is 0 Å². The Balaban J connectivity index is 4.23.